The van der Waals surface area contributed by atoms with Gasteiger partial charge < -0.3 is 10.3 Å². The number of H-pyrrole nitrogens is 1. The summed E-state index contributed by atoms with van der Waals surface area (Å²) in [5.41, 5.74) is 3.41. The average Bonchev–Trinajstić information content (AvgIpc) is 2.64. The molecule has 1 aliphatic rings. The van der Waals surface area contributed by atoms with E-state index in [4.69, 9.17) is 12.2 Å². The van der Waals surface area contributed by atoms with Gasteiger partial charge in [-0.2, -0.15) is 0 Å². The maximum Gasteiger partial charge on any atom is 0.199 e. The minimum absolute atomic E-state index is 0.523. The zero-order valence-electron chi connectivity index (χ0n) is 9.94. The summed E-state index contributed by atoms with van der Waals surface area (Å²) < 4.78 is 0.523. The molecule has 18 heavy (non-hydrogen) atoms. The molecule has 0 radical (unpaired) electrons. The standard InChI is InChI=1S/C13H14N4S/c18-13-16-11(9-4-7-14-8-5-9)10-3-1-2-6-15-12(10)17-13/h4-5,7-8H,1-3,6H2,(H2,15,16,17,18). The van der Waals surface area contributed by atoms with Crippen molar-refractivity contribution in [2.24, 2.45) is 0 Å². The Kier molecular flexibility index (Phi) is 3.06. The van der Waals surface area contributed by atoms with Gasteiger partial charge in [0.1, 0.15) is 5.82 Å². The Hall–Kier alpha value is -1.75. The first-order chi connectivity index (χ1) is 8.84. The monoisotopic (exact) mass is 258 g/mol. The Labute approximate surface area is 111 Å². The molecule has 0 amide bonds. The molecule has 0 unspecified atom stereocenters. The number of rotatable bonds is 1. The number of nitrogens with zero attached hydrogens (tertiary/aromatic N) is 2. The molecule has 0 aromatic carbocycles. The van der Waals surface area contributed by atoms with E-state index in [-0.39, 0.29) is 0 Å². The third kappa shape index (κ3) is 2.13. The summed E-state index contributed by atoms with van der Waals surface area (Å²) >= 11 is 5.21. The van der Waals surface area contributed by atoms with Crippen LogP contribution >= 0.6 is 12.2 Å². The molecular formula is C13H14N4S. The number of aromatic nitrogens is 3. The Bertz CT molecular complexity index is 606. The van der Waals surface area contributed by atoms with Gasteiger partial charge in [0.25, 0.3) is 0 Å². The fourth-order valence-corrected chi connectivity index (χ4v) is 2.48. The van der Waals surface area contributed by atoms with Crippen LogP contribution in [0.5, 0.6) is 0 Å². The van der Waals surface area contributed by atoms with Crippen molar-refractivity contribution in [2.45, 2.75) is 19.3 Å². The van der Waals surface area contributed by atoms with Crippen LogP contribution in [0.4, 0.5) is 5.82 Å². The number of hydrogen-bond donors (Lipinski definition) is 2. The molecule has 0 bridgehead atoms. The average molecular weight is 258 g/mol. The van der Waals surface area contributed by atoms with E-state index in [1.54, 1.807) is 12.4 Å². The minimum Gasteiger partial charge on any atom is -0.370 e. The first-order valence-electron chi connectivity index (χ1n) is 6.12. The van der Waals surface area contributed by atoms with E-state index in [9.17, 15) is 0 Å². The first kappa shape index (κ1) is 11.3. The maximum absolute atomic E-state index is 5.21. The molecule has 0 fully saturated rings. The van der Waals surface area contributed by atoms with Crippen molar-refractivity contribution in [2.75, 3.05) is 11.9 Å². The van der Waals surface area contributed by atoms with E-state index in [0.29, 0.717) is 4.77 Å². The summed E-state index contributed by atoms with van der Waals surface area (Å²) in [4.78, 5) is 11.7. The predicted molar refractivity (Wildman–Crippen MR) is 74.1 cm³/mol. The summed E-state index contributed by atoms with van der Waals surface area (Å²) in [6.07, 6.45) is 6.95. The number of anilines is 1. The lowest BCUT2D eigenvalue weighted by molar-refractivity contribution is 0.785. The van der Waals surface area contributed by atoms with Crippen LogP contribution in [-0.2, 0) is 6.42 Å². The summed E-state index contributed by atoms with van der Waals surface area (Å²) in [6, 6.07) is 3.98. The van der Waals surface area contributed by atoms with Crippen LogP contribution in [-0.4, -0.2) is 21.5 Å². The van der Waals surface area contributed by atoms with Crippen molar-refractivity contribution in [1.82, 2.24) is 15.0 Å². The van der Waals surface area contributed by atoms with E-state index in [1.807, 2.05) is 12.1 Å². The maximum atomic E-state index is 5.21. The van der Waals surface area contributed by atoms with Crippen molar-refractivity contribution < 1.29 is 0 Å². The molecule has 1 aliphatic heterocycles. The molecule has 0 saturated carbocycles. The molecule has 0 saturated heterocycles. The number of pyridine rings is 1. The Morgan fingerprint density at radius 2 is 2.00 bits per heavy atom. The van der Waals surface area contributed by atoms with E-state index in [2.05, 4.69) is 20.3 Å². The second kappa shape index (κ2) is 4.86. The van der Waals surface area contributed by atoms with Gasteiger partial charge in [0.2, 0.25) is 0 Å². The van der Waals surface area contributed by atoms with Gasteiger partial charge in [-0.25, -0.2) is 4.98 Å². The lowest BCUT2D eigenvalue weighted by Crippen LogP contribution is -2.05. The summed E-state index contributed by atoms with van der Waals surface area (Å²) in [5, 5.41) is 3.36. The number of hydrogen-bond acceptors (Lipinski definition) is 4. The van der Waals surface area contributed by atoms with Gasteiger partial charge in [0.05, 0.1) is 5.69 Å². The fraction of sp³-hybridized carbons (Fsp3) is 0.308. The lowest BCUT2D eigenvalue weighted by atomic mass is 10.0. The van der Waals surface area contributed by atoms with Crippen LogP contribution < -0.4 is 5.32 Å². The molecule has 5 heteroatoms. The predicted octanol–water partition coefficient (Wildman–Crippen LogP) is 2.95. The highest BCUT2D eigenvalue weighted by molar-refractivity contribution is 7.71. The zero-order chi connectivity index (χ0) is 12.4. The summed E-state index contributed by atoms with van der Waals surface area (Å²) in [7, 11) is 0. The van der Waals surface area contributed by atoms with Gasteiger partial charge >= 0.3 is 0 Å². The van der Waals surface area contributed by atoms with Crippen molar-refractivity contribution in [1.29, 1.82) is 0 Å². The third-order valence-electron chi connectivity index (χ3n) is 3.15. The van der Waals surface area contributed by atoms with Gasteiger partial charge in [0, 0.05) is 30.1 Å². The van der Waals surface area contributed by atoms with Gasteiger partial charge in [-0.1, -0.05) is 0 Å². The van der Waals surface area contributed by atoms with Crippen molar-refractivity contribution in [3.05, 3.63) is 34.9 Å². The van der Waals surface area contributed by atoms with Crippen LogP contribution in [0, 0.1) is 4.77 Å². The lowest BCUT2D eigenvalue weighted by Gasteiger charge is -2.12. The minimum atomic E-state index is 0.523. The van der Waals surface area contributed by atoms with Crippen LogP contribution in [0.3, 0.4) is 0 Å². The molecule has 3 rings (SSSR count). The van der Waals surface area contributed by atoms with Gasteiger partial charge in [-0.3, -0.25) is 4.98 Å². The molecular weight excluding hydrogens is 244 g/mol. The van der Waals surface area contributed by atoms with Crippen LogP contribution in [0.15, 0.2) is 24.5 Å². The molecule has 0 aliphatic carbocycles. The third-order valence-corrected chi connectivity index (χ3v) is 3.34. The highest BCUT2D eigenvalue weighted by atomic mass is 32.1. The molecule has 0 atom stereocenters. The summed E-state index contributed by atoms with van der Waals surface area (Å²) in [6.45, 7) is 0.967. The molecule has 2 N–H and O–H groups in total. The quantitative estimate of drug-likeness (QED) is 0.772. The molecule has 92 valence electrons. The van der Waals surface area contributed by atoms with Crippen LogP contribution in [0.25, 0.3) is 11.3 Å². The SMILES string of the molecule is S=c1nc2c(c(-c3ccncc3)[nH]1)CCCCN2. The van der Waals surface area contributed by atoms with Crippen molar-refractivity contribution in [3.8, 4) is 11.3 Å². The normalized spacial score (nSPS) is 14.4. The van der Waals surface area contributed by atoms with Gasteiger partial charge in [0.15, 0.2) is 4.77 Å². The largest absolute Gasteiger partial charge is 0.370 e. The van der Waals surface area contributed by atoms with Gasteiger partial charge in [-0.05, 0) is 43.6 Å². The molecule has 3 heterocycles. The topological polar surface area (TPSA) is 53.6 Å². The zero-order valence-corrected chi connectivity index (χ0v) is 10.8. The van der Waals surface area contributed by atoms with Crippen LogP contribution in [0.2, 0.25) is 0 Å². The number of nitrogens with one attached hydrogen (secondary N) is 2. The second-order valence-electron chi connectivity index (χ2n) is 4.36. The van der Waals surface area contributed by atoms with E-state index < -0.39 is 0 Å². The number of aromatic amines is 1. The molecule has 4 nitrogen and oxygen atoms in total. The molecule has 0 spiro atoms. The molecule has 2 aromatic rings. The van der Waals surface area contributed by atoms with E-state index in [1.165, 1.54) is 18.4 Å². The Morgan fingerprint density at radius 1 is 1.17 bits per heavy atom. The second-order valence-corrected chi connectivity index (χ2v) is 4.75. The highest BCUT2D eigenvalue weighted by Gasteiger charge is 2.14. The van der Waals surface area contributed by atoms with Crippen LogP contribution in [0.1, 0.15) is 18.4 Å². The summed E-state index contributed by atoms with van der Waals surface area (Å²) in [5.74, 6) is 0.933. The van der Waals surface area contributed by atoms with Gasteiger partial charge in [-0.15, -0.1) is 0 Å². The highest BCUT2D eigenvalue weighted by Crippen LogP contribution is 2.28. The molecule has 2 aromatic heterocycles. The first-order valence-corrected chi connectivity index (χ1v) is 6.53. The number of fused-ring (bicyclic) bond motifs is 1. The fourth-order valence-electron chi connectivity index (χ4n) is 2.29. The van der Waals surface area contributed by atoms with E-state index >= 15 is 0 Å². The van der Waals surface area contributed by atoms with Crippen molar-refractivity contribution in [3.63, 3.8) is 0 Å². The Morgan fingerprint density at radius 3 is 2.83 bits per heavy atom. The van der Waals surface area contributed by atoms with Crippen molar-refractivity contribution >= 4 is 18.0 Å². The van der Waals surface area contributed by atoms with E-state index in [0.717, 1.165) is 30.0 Å². The smallest absolute Gasteiger partial charge is 0.199 e. The Balaban J connectivity index is 2.20.